The van der Waals surface area contributed by atoms with E-state index in [4.69, 9.17) is 0 Å². The molecule has 1 aliphatic heterocycles. The van der Waals surface area contributed by atoms with E-state index in [9.17, 15) is 41.1 Å². The number of nitrogens with zero attached hydrogens (tertiary/aromatic N) is 3. The number of halogens is 3. The lowest BCUT2D eigenvalue weighted by atomic mass is 9.91. The highest BCUT2D eigenvalue weighted by molar-refractivity contribution is 7.90. The number of amides is 1. The summed E-state index contributed by atoms with van der Waals surface area (Å²) >= 11 is 0. The van der Waals surface area contributed by atoms with Gasteiger partial charge in [0.2, 0.25) is 5.91 Å². The number of para-hydroxylation sites is 1. The van der Waals surface area contributed by atoms with Gasteiger partial charge >= 0.3 is 12.1 Å². The van der Waals surface area contributed by atoms with Crippen molar-refractivity contribution < 1.29 is 36.3 Å². The van der Waals surface area contributed by atoms with Gasteiger partial charge in [-0.3, -0.25) is 9.59 Å². The summed E-state index contributed by atoms with van der Waals surface area (Å²) in [4.78, 5) is 39.8. The fourth-order valence-corrected chi connectivity index (χ4v) is 7.47. The molecule has 1 fully saturated rings. The first-order valence-corrected chi connectivity index (χ1v) is 13.9. The molecular formula is C28H22F3N3O6S. The number of hydrogen-bond donors (Lipinski definition) is 1. The summed E-state index contributed by atoms with van der Waals surface area (Å²) in [6.45, 7) is 0.268. The van der Waals surface area contributed by atoms with Crippen LogP contribution >= 0.6 is 0 Å². The normalized spacial score (nSPS) is 20.2. The van der Waals surface area contributed by atoms with Crippen LogP contribution in [0.25, 0.3) is 10.9 Å². The van der Waals surface area contributed by atoms with Crippen LogP contribution in [0.5, 0.6) is 0 Å². The number of pyridine rings is 1. The molecule has 3 heterocycles. The molecule has 2 aromatic heterocycles. The molecule has 0 unspecified atom stereocenters. The topological polar surface area (TPSA) is 119 Å². The van der Waals surface area contributed by atoms with Crippen molar-refractivity contribution in [1.29, 1.82) is 0 Å². The number of aromatic carboxylic acids is 1. The second-order valence-electron chi connectivity index (χ2n) is 10.4. The van der Waals surface area contributed by atoms with Crippen LogP contribution in [0.4, 0.5) is 18.9 Å². The van der Waals surface area contributed by atoms with E-state index in [0.29, 0.717) is 20.0 Å². The van der Waals surface area contributed by atoms with Crippen molar-refractivity contribution in [3.8, 4) is 0 Å². The first-order chi connectivity index (χ1) is 19.2. The summed E-state index contributed by atoms with van der Waals surface area (Å²) in [5.74, 6) is -3.09. The van der Waals surface area contributed by atoms with E-state index in [1.165, 1.54) is 49.6 Å². The molecule has 2 aromatic carbocycles. The number of rotatable bonds is 5. The molecule has 2 atom stereocenters. The average molecular weight is 586 g/mol. The Labute approximate surface area is 231 Å². The highest BCUT2D eigenvalue weighted by Gasteiger charge is 2.68. The summed E-state index contributed by atoms with van der Waals surface area (Å²) in [6.07, 6.45) is -3.16. The highest BCUT2D eigenvalue weighted by atomic mass is 32.2. The molecule has 0 bridgehead atoms. The standard InChI is InChI=1S/C28H22F3N3O6S/c1-15-7-9-16(10-8-15)41(39,40)34-22(25(36)37)11-17-18(13-32(2)24(35)23(17)34)20-12-27(20)19-5-3-4-6-21(19)33(26(27)38)14-28(29,30)31/h3-11,13,20H,12,14H2,1-2H3,(H,36,37)/t20-,27+/m1/s1. The molecule has 41 heavy (non-hydrogen) atoms. The van der Waals surface area contributed by atoms with Crippen molar-refractivity contribution in [3.63, 3.8) is 0 Å². The lowest BCUT2D eigenvalue weighted by molar-refractivity contribution is -0.133. The Bertz CT molecular complexity index is 1960. The first kappa shape index (κ1) is 26.8. The maximum Gasteiger partial charge on any atom is 0.406 e. The van der Waals surface area contributed by atoms with Crippen molar-refractivity contribution in [2.24, 2.45) is 7.05 Å². The maximum absolute atomic E-state index is 13.7. The molecule has 6 rings (SSSR count). The van der Waals surface area contributed by atoms with Crippen molar-refractivity contribution in [3.05, 3.63) is 93.5 Å². The predicted molar refractivity (Wildman–Crippen MR) is 142 cm³/mol. The number of alkyl halides is 3. The monoisotopic (exact) mass is 585 g/mol. The van der Waals surface area contributed by atoms with Gasteiger partial charge in [0.05, 0.1) is 10.3 Å². The fraction of sp³-hybridized carbons (Fsp3) is 0.250. The van der Waals surface area contributed by atoms with Crippen LogP contribution < -0.4 is 10.5 Å². The summed E-state index contributed by atoms with van der Waals surface area (Å²) in [5.41, 5.74) is -1.69. The Morgan fingerprint density at radius 1 is 1.10 bits per heavy atom. The Balaban J connectivity index is 1.58. The van der Waals surface area contributed by atoms with E-state index < -0.39 is 62.7 Å². The maximum atomic E-state index is 13.7. The molecule has 9 nitrogen and oxygen atoms in total. The highest BCUT2D eigenvalue weighted by Crippen LogP contribution is 2.67. The number of carbonyl (C=O) groups excluding carboxylic acids is 1. The van der Waals surface area contributed by atoms with Gasteiger partial charge in [-0.2, -0.15) is 13.2 Å². The second-order valence-corrected chi connectivity index (χ2v) is 12.2. The van der Waals surface area contributed by atoms with E-state index in [1.54, 1.807) is 19.1 Å². The van der Waals surface area contributed by atoms with Crippen molar-refractivity contribution >= 4 is 38.5 Å². The van der Waals surface area contributed by atoms with Gasteiger partial charge in [0.25, 0.3) is 15.6 Å². The molecule has 1 amide bonds. The SMILES string of the molecule is Cc1ccc(S(=O)(=O)n2c(C(=O)O)cc3c([C@H]4C[C@@]45C(=O)N(CC(F)(F)F)c4ccccc45)cn(C)c(=O)c32)cc1. The zero-order valence-electron chi connectivity index (χ0n) is 21.6. The van der Waals surface area contributed by atoms with Gasteiger partial charge in [0.15, 0.2) is 0 Å². The minimum Gasteiger partial charge on any atom is -0.477 e. The molecule has 1 aliphatic carbocycles. The largest absolute Gasteiger partial charge is 0.477 e. The lowest BCUT2D eigenvalue weighted by Gasteiger charge is -2.20. The molecule has 4 aromatic rings. The third-order valence-corrected chi connectivity index (χ3v) is 9.61. The molecule has 0 saturated heterocycles. The number of hydrogen-bond acceptors (Lipinski definition) is 5. The molecular weight excluding hydrogens is 563 g/mol. The van der Waals surface area contributed by atoms with Gasteiger partial charge in [-0.15, -0.1) is 0 Å². The Hall–Kier alpha value is -4.39. The zero-order chi connectivity index (χ0) is 29.6. The summed E-state index contributed by atoms with van der Waals surface area (Å²) in [6, 6.07) is 12.9. The van der Waals surface area contributed by atoms with E-state index in [1.807, 2.05) is 0 Å². The van der Waals surface area contributed by atoms with Crippen LogP contribution in [0.15, 0.2) is 70.5 Å². The lowest BCUT2D eigenvalue weighted by Crippen LogP contribution is -2.39. The van der Waals surface area contributed by atoms with Gasteiger partial charge in [-0.05, 0) is 48.7 Å². The molecule has 13 heteroatoms. The van der Waals surface area contributed by atoms with Gasteiger partial charge in [-0.25, -0.2) is 17.2 Å². The number of aromatic nitrogens is 2. The van der Waals surface area contributed by atoms with Crippen LogP contribution in [-0.4, -0.2) is 46.7 Å². The van der Waals surface area contributed by atoms with Crippen LogP contribution in [0.2, 0.25) is 0 Å². The number of carbonyl (C=O) groups is 2. The number of anilines is 1. The summed E-state index contributed by atoms with van der Waals surface area (Å²) in [5, 5.41) is 9.99. The Kier molecular flexibility index (Phi) is 5.60. The number of aryl methyl sites for hydroxylation is 2. The number of benzene rings is 2. The van der Waals surface area contributed by atoms with Gasteiger partial charge in [-0.1, -0.05) is 35.9 Å². The number of carboxylic acids is 1. The minimum absolute atomic E-state index is 0.00242. The third-order valence-electron chi connectivity index (χ3n) is 7.88. The van der Waals surface area contributed by atoms with Crippen molar-refractivity contribution in [2.75, 3.05) is 11.4 Å². The van der Waals surface area contributed by atoms with Gasteiger partial charge in [0.1, 0.15) is 17.8 Å². The minimum atomic E-state index is -4.65. The van der Waals surface area contributed by atoms with Crippen molar-refractivity contribution in [1.82, 2.24) is 8.54 Å². The Morgan fingerprint density at radius 2 is 1.76 bits per heavy atom. The number of carboxylic acid groups (broad SMARTS) is 1. The third kappa shape index (κ3) is 3.82. The van der Waals surface area contributed by atoms with Crippen LogP contribution in [0.3, 0.4) is 0 Å². The zero-order valence-corrected chi connectivity index (χ0v) is 22.5. The molecule has 1 N–H and O–H groups in total. The summed E-state index contributed by atoms with van der Waals surface area (Å²) < 4.78 is 69.3. The average Bonchev–Trinajstić information content (AvgIpc) is 3.44. The fourth-order valence-electron chi connectivity index (χ4n) is 5.97. The molecule has 1 saturated carbocycles. The van der Waals surface area contributed by atoms with E-state index >= 15 is 0 Å². The van der Waals surface area contributed by atoms with Crippen LogP contribution in [-0.2, 0) is 27.3 Å². The van der Waals surface area contributed by atoms with Crippen molar-refractivity contribution in [2.45, 2.75) is 35.7 Å². The van der Waals surface area contributed by atoms with E-state index in [2.05, 4.69) is 0 Å². The van der Waals surface area contributed by atoms with E-state index in [-0.39, 0.29) is 22.4 Å². The van der Waals surface area contributed by atoms with E-state index in [0.717, 1.165) is 16.2 Å². The quantitative estimate of drug-likeness (QED) is 0.380. The van der Waals surface area contributed by atoms with Crippen LogP contribution in [0, 0.1) is 6.92 Å². The van der Waals surface area contributed by atoms with Gasteiger partial charge in [0, 0.05) is 30.2 Å². The molecule has 212 valence electrons. The molecule has 2 aliphatic rings. The summed E-state index contributed by atoms with van der Waals surface area (Å²) in [7, 11) is -3.21. The van der Waals surface area contributed by atoms with Crippen LogP contribution in [0.1, 0.15) is 39.5 Å². The number of fused-ring (bicyclic) bond motifs is 3. The smallest absolute Gasteiger partial charge is 0.406 e. The second kappa shape index (κ2) is 8.56. The molecule has 0 radical (unpaired) electrons. The first-order valence-electron chi connectivity index (χ1n) is 12.5. The molecule has 1 spiro atoms. The Morgan fingerprint density at radius 3 is 2.39 bits per heavy atom. The van der Waals surface area contributed by atoms with Gasteiger partial charge < -0.3 is 14.6 Å². The predicted octanol–water partition coefficient (Wildman–Crippen LogP) is 3.92.